The summed E-state index contributed by atoms with van der Waals surface area (Å²) in [7, 11) is 0. The lowest BCUT2D eigenvalue weighted by Gasteiger charge is -2.19. The van der Waals surface area contributed by atoms with Crippen LogP contribution in [0.2, 0.25) is 5.02 Å². The first-order chi connectivity index (χ1) is 10.1. The summed E-state index contributed by atoms with van der Waals surface area (Å²) in [4.78, 5) is 12.7. The minimum absolute atomic E-state index is 0.0759. The molecule has 1 atom stereocenters. The number of benzene rings is 2. The molecule has 21 heavy (non-hydrogen) atoms. The number of rotatable bonds is 2. The van der Waals surface area contributed by atoms with Crippen molar-refractivity contribution >= 4 is 28.2 Å². The molecule has 2 N–H and O–H groups in total. The number of nitrogens with two attached hydrogens (primary N) is 1. The van der Waals surface area contributed by atoms with Gasteiger partial charge in [-0.1, -0.05) is 41.9 Å². The molecule has 0 radical (unpaired) electrons. The molecule has 3 rings (SSSR count). The van der Waals surface area contributed by atoms with E-state index in [2.05, 4.69) is 0 Å². The van der Waals surface area contributed by atoms with Crippen molar-refractivity contribution in [2.75, 3.05) is 5.73 Å². The number of aromatic nitrogens is 1. The highest BCUT2D eigenvalue weighted by atomic mass is 35.5. The molecule has 0 bridgehead atoms. The van der Waals surface area contributed by atoms with Gasteiger partial charge in [0.15, 0.2) is 0 Å². The smallest absolute Gasteiger partial charge is 0.260 e. The van der Waals surface area contributed by atoms with Crippen LogP contribution < -0.4 is 11.3 Å². The predicted octanol–water partition coefficient (Wildman–Crippen LogP) is 3.85. The number of pyridine rings is 1. The Labute approximate surface area is 127 Å². The first-order valence-corrected chi connectivity index (χ1v) is 7.11. The summed E-state index contributed by atoms with van der Waals surface area (Å²) < 4.78 is 1.62. The standard InChI is InChI=1S/C17H15ClN2O/c1-11(12-6-8-14(18)9-7-12)20-16(19)10-13-4-2-3-5-15(13)17(20)21/h2-11H,19H2,1H3. The minimum Gasteiger partial charge on any atom is -0.385 e. The Morgan fingerprint density at radius 2 is 1.76 bits per heavy atom. The SMILES string of the molecule is CC(c1ccc(Cl)cc1)n1c(N)cc2ccccc2c1=O. The number of hydrogen-bond acceptors (Lipinski definition) is 2. The second-order valence-electron chi connectivity index (χ2n) is 5.06. The van der Waals surface area contributed by atoms with Crippen molar-refractivity contribution in [3.63, 3.8) is 0 Å². The van der Waals surface area contributed by atoms with Gasteiger partial charge < -0.3 is 5.73 Å². The number of anilines is 1. The Kier molecular flexibility index (Phi) is 3.43. The van der Waals surface area contributed by atoms with E-state index in [1.807, 2.05) is 61.5 Å². The van der Waals surface area contributed by atoms with Crippen molar-refractivity contribution in [3.8, 4) is 0 Å². The molecule has 0 aliphatic carbocycles. The lowest BCUT2D eigenvalue weighted by atomic mass is 10.1. The summed E-state index contributed by atoms with van der Waals surface area (Å²) in [6.07, 6.45) is 0. The molecule has 1 aromatic heterocycles. The molecule has 0 amide bonds. The summed E-state index contributed by atoms with van der Waals surface area (Å²) in [5.41, 5.74) is 7.01. The van der Waals surface area contributed by atoms with E-state index in [0.717, 1.165) is 10.9 Å². The van der Waals surface area contributed by atoms with Crippen LogP contribution in [0.15, 0.2) is 59.4 Å². The van der Waals surface area contributed by atoms with E-state index in [4.69, 9.17) is 17.3 Å². The van der Waals surface area contributed by atoms with E-state index in [1.54, 1.807) is 4.57 Å². The Hall–Kier alpha value is -2.26. The van der Waals surface area contributed by atoms with Gasteiger partial charge >= 0.3 is 0 Å². The molecule has 3 nitrogen and oxygen atoms in total. The van der Waals surface area contributed by atoms with Crippen molar-refractivity contribution in [2.45, 2.75) is 13.0 Å². The zero-order valence-electron chi connectivity index (χ0n) is 11.6. The second kappa shape index (κ2) is 5.26. The molecule has 2 aromatic carbocycles. The van der Waals surface area contributed by atoms with Gasteiger partial charge in [-0.25, -0.2) is 0 Å². The molecule has 0 saturated carbocycles. The maximum Gasteiger partial charge on any atom is 0.260 e. The van der Waals surface area contributed by atoms with Crippen LogP contribution in [0.4, 0.5) is 5.82 Å². The number of nitrogen functional groups attached to an aromatic ring is 1. The van der Waals surface area contributed by atoms with Crippen LogP contribution in [0.3, 0.4) is 0 Å². The summed E-state index contributed by atoms with van der Waals surface area (Å²) in [6, 6.07) is 16.6. The van der Waals surface area contributed by atoms with Crippen LogP contribution in [0.25, 0.3) is 10.8 Å². The minimum atomic E-state index is -0.153. The molecule has 0 aliphatic rings. The Balaban J connectivity index is 2.20. The van der Waals surface area contributed by atoms with E-state index in [9.17, 15) is 4.79 Å². The third kappa shape index (κ3) is 2.41. The Morgan fingerprint density at radius 3 is 2.48 bits per heavy atom. The van der Waals surface area contributed by atoms with Gasteiger partial charge in [-0.15, -0.1) is 0 Å². The van der Waals surface area contributed by atoms with Crippen LogP contribution in [-0.2, 0) is 0 Å². The van der Waals surface area contributed by atoms with E-state index in [1.165, 1.54) is 0 Å². The van der Waals surface area contributed by atoms with Crippen molar-refractivity contribution in [2.24, 2.45) is 0 Å². The van der Waals surface area contributed by atoms with Crippen molar-refractivity contribution in [1.29, 1.82) is 0 Å². The monoisotopic (exact) mass is 298 g/mol. The first-order valence-electron chi connectivity index (χ1n) is 6.73. The number of nitrogens with zero attached hydrogens (tertiary/aromatic N) is 1. The third-order valence-electron chi connectivity index (χ3n) is 3.73. The number of hydrogen-bond donors (Lipinski definition) is 1. The lowest BCUT2D eigenvalue weighted by Crippen LogP contribution is -2.26. The fourth-order valence-corrected chi connectivity index (χ4v) is 2.71. The largest absolute Gasteiger partial charge is 0.385 e. The zero-order chi connectivity index (χ0) is 15.0. The van der Waals surface area contributed by atoms with Crippen LogP contribution >= 0.6 is 11.6 Å². The summed E-state index contributed by atoms with van der Waals surface area (Å²) >= 11 is 5.91. The molecule has 0 aliphatic heterocycles. The maximum atomic E-state index is 12.7. The molecule has 3 aromatic rings. The van der Waals surface area contributed by atoms with Gasteiger partial charge in [0.25, 0.3) is 5.56 Å². The highest BCUT2D eigenvalue weighted by Gasteiger charge is 2.14. The van der Waals surface area contributed by atoms with Gasteiger partial charge in [-0.3, -0.25) is 9.36 Å². The number of halogens is 1. The van der Waals surface area contributed by atoms with E-state index in [-0.39, 0.29) is 11.6 Å². The van der Waals surface area contributed by atoms with E-state index in [0.29, 0.717) is 16.2 Å². The molecule has 0 saturated heterocycles. The third-order valence-corrected chi connectivity index (χ3v) is 3.98. The van der Waals surface area contributed by atoms with Gasteiger partial charge in [0.2, 0.25) is 0 Å². The van der Waals surface area contributed by atoms with Gasteiger partial charge in [0.05, 0.1) is 6.04 Å². The zero-order valence-corrected chi connectivity index (χ0v) is 12.3. The molecule has 0 fully saturated rings. The van der Waals surface area contributed by atoms with Crippen molar-refractivity contribution < 1.29 is 0 Å². The second-order valence-corrected chi connectivity index (χ2v) is 5.50. The Morgan fingerprint density at radius 1 is 1.10 bits per heavy atom. The fraction of sp³-hybridized carbons (Fsp3) is 0.118. The lowest BCUT2D eigenvalue weighted by molar-refractivity contribution is 0.629. The van der Waals surface area contributed by atoms with E-state index >= 15 is 0 Å². The molecule has 1 unspecified atom stereocenters. The maximum absolute atomic E-state index is 12.7. The van der Waals surface area contributed by atoms with Crippen molar-refractivity contribution in [1.82, 2.24) is 4.57 Å². The molecular formula is C17H15ClN2O. The van der Waals surface area contributed by atoms with Crippen LogP contribution in [0, 0.1) is 0 Å². The topological polar surface area (TPSA) is 48.0 Å². The molecule has 1 heterocycles. The normalized spacial score (nSPS) is 12.5. The van der Waals surface area contributed by atoms with Gasteiger partial charge in [-0.05, 0) is 42.1 Å². The highest BCUT2D eigenvalue weighted by Crippen LogP contribution is 2.23. The predicted molar refractivity (Wildman–Crippen MR) is 87.9 cm³/mol. The van der Waals surface area contributed by atoms with Gasteiger partial charge in [0.1, 0.15) is 5.82 Å². The van der Waals surface area contributed by atoms with Crippen LogP contribution in [0.5, 0.6) is 0 Å². The molecule has 4 heteroatoms. The average molecular weight is 299 g/mol. The van der Waals surface area contributed by atoms with Crippen molar-refractivity contribution in [3.05, 3.63) is 75.5 Å². The molecule has 106 valence electrons. The number of fused-ring (bicyclic) bond motifs is 1. The van der Waals surface area contributed by atoms with Gasteiger partial charge in [-0.2, -0.15) is 0 Å². The average Bonchev–Trinajstić information content (AvgIpc) is 2.48. The quantitative estimate of drug-likeness (QED) is 0.781. The summed E-state index contributed by atoms with van der Waals surface area (Å²) in [5.74, 6) is 0.459. The summed E-state index contributed by atoms with van der Waals surface area (Å²) in [6.45, 7) is 1.95. The first kappa shape index (κ1) is 13.7. The highest BCUT2D eigenvalue weighted by molar-refractivity contribution is 6.30. The summed E-state index contributed by atoms with van der Waals surface area (Å²) in [5, 5.41) is 2.21. The van der Waals surface area contributed by atoms with Crippen LogP contribution in [0.1, 0.15) is 18.5 Å². The fourth-order valence-electron chi connectivity index (χ4n) is 2.58. The molecular weight excluding hydrogens is 284 g/mol. The van der Waals surface area contributed by atoms with E-state index < -0.39 is 0 Å². The molecule has 0 spiro atoms. The van der Waals surface area contributed by atoms with Crippen LogP contribution in [-0.4, -0.2) is 4.57 Å². The van der Waals surface area contributed by atoms with Gasteiger partial charge in [0, 0.05) is 10.4 Å². The Bertz CT molecular complexity index is 853.